The zero-order valence-corrected chi connectivity index (χ0v) is 18.0. The lowest BCUT2D eigenvalue weighted by Gasteiger charge is -2.22. The van der Waals surface area contributed by atoms with Gasteiger partial charge in [0.05, 0.1) is 15.8 Å². The van der Waals surface area contributed by atoms with Crippen LogP contribution in [-0.4, -0.2) is 51.4 Å². The molecular formula is C14H22Cl2IN3O2S. The third-order valence-electron chi connectivity index (χ3n) is 3.11. The van der Waals surface area contributed by atoms with Crippen LogP contribution in [0.3, 0.4) is 0 Å². The summed E-state index contributed by atoms with van der Waals surface area (Å²) >= 11 is 11.9. The summed E-state index contributed by atoms with van der Waals surface area (Å²) in [6.45, 7) is 2.55. The largest absolute Gasteiger partial charge is 0.355 e. The molecule has 0 radical (unpaired) electrons. The molecule has 0 unspecified atom stereocenters. The Hall–Kier alpha value is -0.250. The van der Waals surface area contributed by atoms with E-state index < -0.39 is 9.84 Å². The van der Waals surface area contributed by atoms with E-state index in [4.69, 9.17) is 23.2 Å². The van der Waals surface area contributed by atoms with Gasteiger partial charge in [0.2, 0.25) is 0 Å². The average Bonchev–Trinajstić information content (AvgIpc) is 2.47. The van der Waals surface area contributed by atoms with E-state index in [1.165, 1.54) is 0 Å². The normalized spacial score (nSPS) is 11.8. The number of sulfone groups is 1. The Balaban J connectivity index is 0.00000484. The highest BCUT2D eigenvalue weighted by atomic mass is 127. The summed E-state index contributed by atoms with van der Waals surface area (Å²) in [5.74, 6) is 0.854. The first-order valence-corrected chi connectivity index (χ1v) is 9.43. The van der Waals surface area contributed by atoms with Crippen LogP contribution >= 0.6 is 47.2 Å². The molecule has 1 N–H and O–H groups in total. The number of aliphatic imine (C=N–C) groups is 1. The van der Waals surface area contributed by atoms with Gasteiger partial charge in [-0.3, -0.25) is 4.99 Å². The lowest BCUT2D eigenvalue weighted by molar-refractivity contribution is 0.479. The van der Waals surface area contributed by atoms with Crippen molar-refractivity contribution in [1.29, 1.82) is 0 Å². The molecule has 9 heteroatoms. The quantitative estimate of drug-likeness (QED) is 0.376. The summed E-state index contributed by atoms with van der Waals surface area (Å²) in [5, 5.41) is 4.06. The zero-order valence-electron chi connectivity index (χ0n) is 13.3. The standard InChI is InChI=1S/C14H21Cl2N3O2S.HI/c1-4-22(20,21)8-7-18-14(17-2)19(3)10-11-5-6-12(15)13(16)9-11;/h5-6,9H,4,7-8,10H2,1-3H3,(H,17,18);1H. The fourth-order valence-corrected chi connectivity index (χ4v) is 2.86. The van der Waals surface area contributed by atoms with Gasteiger partial charge in [-0.1, -0.05) is 36.2 Å². The second-order valence-corrected chi connectivity index (χ2v) is 8.10. The number of nitrogens with zero attached hydrogens (tertiary/aromatic N) is 2. The predicted molar refractivity (Wildman–Crippen MR) is 109 cm³/mol. The average molecular weight is 494 g/mol. The molecule has 0 aromatic heterocycles. The number of hydrogen-bond donors (Lipinski definition) is 1. The van der Waals surface area contributed by atoms with Crippen LogP contribution in [0.15, 0.2) is 23.2 Å². The Morgan fingerprint density at radius 2 is 1.96 bits per heavy atom. The van der Waals surface area contributed by atoms with Crippen LogP contribution in [0.25, 0.3) is 0 Å². The molecule has 0 fully saturated rings. The van der Waals surface area contributed by atoms with E-state index >= 15 is 0 Å². The highest BCUT2D eigenvalue weighted by Crippen LogP contribution is 2.23. The number of benzene rings is 1. The van der Waals surface area contributed by atoms with Gasteiger partial charge >= 0.3 is 0 Å². The van der Waals surface area contributed by atoms with Crippen LogP contribution in [0, 0.1) is 0 Å². The Labute approximate surface area is 165 Å². The van der Waals surface area contributed by atoms with Crippen LogP contribution in [0.1, 0.15) is 12.5 Å². The minimum absolute atomic E-state index is 0. The Kier molecular flexibility index (Phi) is 10.5. The van der Waals surface area contributed by atoms with Gasteiger partial charge in [-0.25, -0.2) is 8.42 Å². The lowest BCUT2D eigenvalue weighted by atomic mass is 10.2. The Bertz CT molecular complexity index is 639. The van der Waals surface area contributed by atoms with Crippen molar-refractivity contribution in [3.05, 3.63) is 33.8 Å². The van der Waals surface area contributed by atoms with Crippen molar-refractivity contribution in [1.82, 2.24) is 10.2 Å². The minimum atomic E-state index is -2.99. The van der Waals surface area contributed by atoms with Gasteiger partial charge in [0.15, 0.2) is 15.8 Å². The van der Waals surface area contributed by atoms with E-state index in [-0.39, 0.29) is 35.5 Å². The third-order valence-corrected chi connectivity index (χ3v) is 5.56. The van der Waals surface area contributed by atoms with Crippen molar-refractivity contribution >= 4 is 63.0 Å². The molecular weight excluding hydrogens is 472 g/mol. The maximum Gasteiger partial charge on any atom is 0.193 e. The monoisotopic (exact) mass is 493 g/mol. The molecule has 0 aliphatic carbocycles. The van der Waals surface area contributed by atoms with E-state index in [1.54, 1.807) is 26.1 Å². The van der Waals surface area contributed by atoms with Crippen molar-refractivity contribution in [2.24, 2.45) is 4.99 Å². The highest BCUT2D eigenvalue weighted by molar-refractivity contribution is 14.0. The van der Waals surface area contributed by atoms with Gasteiger partial charge in [-0.05, 0) is 17.7 Å². The molecule has 0 aliphatic heterocycles. The van der Waals surface area contributed by atoms with E-state index in [0.29, 0.717) is 29.1 Å². The second-order valence-electron chi connectivity index (χ2n) is 4.81. The molecule has 0 atom stereocenters. The van der Waals surface area contributed by atoms with Gasteiger partial charge in [-0.2, -0.15) is 0 Å². The summed E-state index contributed by atoms with van der Waals surface area (Å²) in [4.78, 5) is 6.03. The van der Waals surface area contributed by atoms with Crippen molar-refractivity contribution in [3.8, 4) is 0 Å². The number of guanidine groups is 1. The number of hydrogen-bond acceptors (Lipinski definition) is 3. The molecule has 0 bridgehead atoms. The first-order chi connectivity index (χ1) is 10.3. The van der Waals surface area contributed by atoms with Gasteiger partial charge in [0.1, 0.15) is 0 Å². The Morgan fingerprint density at radius 1 is 1.30 bits per heavy atom. The summed E-state index contributed by atoms with van der Waals surface area (Å²) in [7, 11) is 0.536. The molecule has 1 aromatic carbocycles. The molecule has 132 valence electrons. The van der Waals surface area contributed by atoms with Crippen LogP contribution < -0.4 is 5.32 Å². The van der Waals surface area contributed by atoms with Crippen molar-refractivity contribution in [2.75, 3.05) is 32.1 Å². The fraction of sp³-hybridized carbons (Fsp3) is 0.500. The van der Waals surface area contributed by atoms with Gasteiger partial charge in [-0.15, -0.1) is 24.0 Å². The van der Waals surface area contributed by atoms with Crippen molar-refractivity contribution in [3.63, 3.8) is 0 Å². The summed E-state index contributed by atoms with van der Waals surface area (Å²) in [5.41, 5.74) is 0.987. The van der Waals surface area contributed by atoms with E-state index in [1.807, 2.05) is 18.0 Å². The maximum absolute atomic E-state index is 11.5. The predicted octanol–water partition coefficient (Wildman–Crippen LogP) is 3.05. The molecule has 1 rings (SSSR count). The van der Waals surface area contributed by atoms with E-state index in [0.717, 1.165) is 5.56 Å². The smallest absolute Gasteiger partial charge is 0.193 e. The SMILES string of the molecule is CCS(=O)(=O)CCNC(=NC)N(C)Cc1ccc(Cl)c(Cl)c1.I. The van der Waals surface area contributed by atoms with Crippen LogP contribution in [0.4, 0.5) is 0 Å². The van der Waals surface area contributed by atoms with E-state index in [2.05, 4.69) is 10.3 Å². The van der Waals surface area contributed by atoms with Crippen molar-refractivity contribution in [2.45, 2.75) is 13.5 Å². The summed E-state index contributed by atoms with van der Waals surface area (Å²) in [6.07, 6.45) is 0. The second kappa shape index (κ2) is 10.6. The fourth-order valence-electron chi connectivity index (χ4n) is 1.83. The van der Waals surface area contributed by atoms with Crippen LogP contribution in [-0.2, 0) is 16.4 Å². The van der Waals surface area contributed by atoms with Crippen LogP contribution in [0.5, 0.6) is 0 Å². The summed E-state index contributed by atoms with van der Waals surface area (Å²) < 4.78 is 23.0. The molecule has 1 aromatic rings. The van der Waals surface area contributed by atoms with Gasteiger partial charge < -0.3 is 10.2 Å². The first-order valence-electron chi connectivity index (χ1n) is 6.85. The third kappa shape index (κ3) is 7.91. The van der Waals surface area contributed by atoms with Crippen LogP contribution in [0.2, 0.25) is 10.0 Å². The maximum atomic E-state index is 11.5. The topological polar surface area (TPSA) is 61.8 Å². The number of nitrogens with one attached hydrogen (secondary N) is 1. The van der Waals surface area contributed by atoms with Crippen molar-refractivity contribution < 1.29 is 8.42 Å². The molecule has 0 aliphatic rings. The number of rotatable bonds is 6. The number of halogens is 3. The molecule has 0 saturated carbocycles. The first kappa shape index (κ1) is 22.8. The zero-order chi connectivity index (χ0) is 16.8. The minimum Gasteiger partial charge on any atom is -0.355 e. The van der Waals surface area contributed by atoms with Gasteiger partial charge in [0, 0.05) is 32.9 Å². The lowest BCUT2D eigenvalue weighted by Crippen LogP contribution is -2.40. The summed E-state index contributed by atoms with van der Waals surface area (Å²) in [6, 6.07) is 5.44. The molecule has 0 amide bonds. The Morgan fingerprint density at radius 3 is 2.48 bits per heavy atom. The molecule has 5 nitrogen and oxygen atoms in total. The van der Waals surface area contributed by atoms with Gasteiger partial charge in [0.25, 0.3) is 0 Å². The molecule has 0 spiro atoms. The highest BCUT2D eigenvalue weighted by Gasteiger charge is 2.10. The molecule has 0 heterocycles. The molecule has 0 saturated heterocycles. The molecule has 23 heavy (non-hydrogen) atoms. The van der Waals surface area contributed by atoms with E-state index in [9.17, 15) is 8.42 Å².